The van der Waals surface area contributed by atoms with Gasteiger partial charge in [0.2, 0.25) is 0 Å². The van der Waals surface area contributed by atoms with Gasteiger partial charge in [-0.25, -0.2) is 5.43 Å². The third kappa shape index (κ3) is 6.17. The molecular formula is C26H24BrN5O2S. The van der Waals surface area contributed by atoms with Crippen LogP contribution in [-0.2, 0) is 4.79 Å². The average molecular weight is 550 g/mol. The van der Waals surface area contributed by atoms with Gasteiger partial charge in [0.1, 0.15) is 5.75 Å². The van der Waals surface area contributed by atoms with Crippen LogP contribution in [0, 0.1) is 6.92 Å². The number of hydrogen-bond donors (Lipinski definition) is 1. The molecule has 0 radical (unpaired) electrons. The topological polar surface area (TPSA) is 81.4 Å². The van der Waals surface area contributed by atoms with Crippen LogP contribution in [0.5, 0.6) is 5.75 Å². The number of aromatic nitrogens is 3. The molecule has 0 aliphatic rings. The van der Waals surface area contributed by atoms with E-state index in [0.717, 1.165) is 38.3 Å². The van der Waals surface area contributed by atoms with Crippen molar-refractivity contribution in [3.8, 4) is 22.8 Å². The van der Waals surface area contributed by atoms with E-state index in [1.165, 1.54) is 11.8 Å². The lowest BCUT2D eigenvalue weighted by molar-refractivity contribution is -0.118. The number of carbonyl (C=O) groups is 1. The first-order valence-corrected chi connectivity index (χ1v) is 12.6. The van der Waals surface area contributed by atoms with Gasteiger partial charge in [-0.2, -0.15) is 5.10 Å². The minimum absolute atomic E-state index is 0.138. The Labute approximate surface area is 216 Å². The predicted octanol–water partition coefficient (Wildman–Crippen LogP) is 5.65. The summed E-state index contributed by atoms with van der Waals surface area (Å²) in [6, 6.07) is 23.5. The molecule has 3 aromatic carbocycles. The molecule has 0 fully saturated rings. The van der Waals surface area contributed by atoms with Gasteiger partial charge in [-0.3, -0.25) is 9.36 Å². The Hall–Kier alpha value is -3.43. The summed E-state index contributed by atoms with van der Waals surface area (Å²) in [7, 11) is 1.63. The molecular weight excluding hydrogens is 526 g/mol. The number of carbonyl (C=O) groups excluding carboxylic acids is 1. The molecule has 0 saturated carbocycles. The Bertz CT molecular complexity index is 1330. The second kappa shape index (κ2) is 11.3. The number of hydrazone groups is 1. The highest BCUT2D eigenvalue weighted by molar-refractivity contribution is 9.10. The third-order valence-corrected chi connectivity index (χ3v) is 6.67. The molecule has 1 amide bonds. The van der Waals surface area contributed by atoms with Crippen molar-refractivity contribution < 1.29 is 9.53 Å². The molecule has 35 heavy (non-hydrogen) atoms. The van der Waals surface area contributed by atoms with Crippen LogP contribution >= 0.6 is 27.7 Å². The lowest BCUT2D eigenvalue weighted by Crippen LogP contribution is -2.21. The highest BCUT2D eigenvalue weighted by Crippen LogP contribution is 2.29. The van der Waals surface area contributed by atoms with Crippen LogP contribution in [-0.4, -0.2) is 39.2 Å². The van der Waals surface area contributed by atoms with Gasteiger partial charge in [0, 0.05) is 15.7 Å². The minimum atomic E-state index is -0.229. The number of nitrogens with zero attached hydrogens (tertiary/aromatic N) is 4. The molecule has 1 heterocycles. The molecule has 1 N–H and O–H groups in total. The predicted molar refractivity (Wildman–Crippen MR) is 143 cm³/mol. The highest BCUT2D eigenvalue weighted by atomic mass is 79.9. The fourth-order valence-electron chi connectivity index (χ4n) is 3.28. The zero-order chi connectivity index (χ0) is 24.8. The van der Waals surface area contributed by atoms with Crippen molar-refractivity contribution in [1.82, 2.24) is 20.2 Å². The number of nitrogens with one attached hydrogen (secondary N) is 1. The number of rotatable bonds is 8. The Morgan fingerprint density at radius 3 is 2.37 bits per heavy atom. The van der Waals surface area contributed by atoms with Crippen molar-refractivity contribution in [3.05, 3.63) is 88.4 Å². The Morgan fingerprint density at radius 1 is 1.03 bits per heavy atom. The molecule has 0 aliphatic heterocycles. The van der Waals surface area contributed by atoms with Crippen molar-refractivity contribution in [2.24, 2.45) is 5.10 Å². The molecule has 1 aromatic heterocycles. The van der Waals surface area contributed by atoms with Crippen LogP contribution in [0.1, 0.15) is 18.1 Å². The van der Waals surface area contributed by atoms with Crippen LogP contribution < -0.4 is 10.2 Å². The van der Waals surface area contributed by atoms with Gasteiger partial charge < -0.3 is 4.74 Å². The second-order valence-corrected chi connectivity index (χ2v) is 9.59. The SMILES string of the molecule is COc1ccc(-n2c(SCC(=O)N/N=C(\C)c3ccc(Br)cc3)nnc2-c2ccc(C)cc2)cc1. The van der Waals surface area contributed by atoms with E-state index in [-0.39, 0.29) is 11.7 Å². The zero-order valence-electron chi connectivity index (χ0n) is 19.5. The van der Waals surface area contributed by atoms with Gasteiger partial charge in [0.25, 0.3) is 5.91 Å². The van der Waals surface area contributed by atoms with Crippen LogP contribution in [0.4, 0.5) is 0 Å². The summed E-state index contributed by atoms with van der Waals surface area (Å²) in [5.41, 5.74) is 7.25. The quantitative estimate of drug-likeness (QED) is 0.174. The first kappa shape index (κ1) is 24.7. The van der Waals surface area contributed by atoms with Crippen molar-refractivity contribution in [3.63, 3.8) is 0 Å². The summed E-state index contributed by atoms with van der Waals surface area (Å²) in [5.74, 6) is 1.36. The van der Waals surface area contributed by atoms with Crippen molar-refractivity contribution in [2.45, 2.75) is 19.0 Å². The second-order valence-electron chi connectivity index (χ2n) is 7.73. The first-order valence-electron chi connectivity index (χ1n) is 10.8. The Kier molecular flexibility index (Phi) is 7.99. The average Bonchev–Trinajstić information content (AvgIpc) is 3.31. The molecule has 0 saturated heterocycles. The molecule has 9 heteroatoms. The van der Waals surface area contributed by atoms with Gasteiger partial charge in [-0.05, 0) is 55.8 Å². The maximum absolute atomic E-state index is 12.5. The van der Waals surface area contributed by atoms with Crippen molar-refractivity contribution in [1.29, 1.82) is 0 Å². The largest absolute Gasteiger partial charge is 0.497 e. The molecule has 4 rings (SSSR count). The van der Waals surface area contributed by atoms with Gasteiger partial charge in [0.05, 0.1) is 18.6 Å². The molecule has 0 unspecified atom stereocenters. The number of amides is 1. The van der Waals surface area contributed by atoms with E-state index in [1.54, 1.807) is 7.11 Å². The zero-order valence-corrected chi connectivity index (χ0v) is 21.9. The molecule has 0 bridgehead atoms. The van der Waals surface area contributed by atoms with Gasteiger partial charge in [-0.15, -0.1) is 10.2 Å². The Balaban J connectivity index is 1.53. The maximum Gasteiger partial charge on any atom is 0.250 e. The standard InChI is InChI=1S/C26H24BrN5O2S/c1-17-4-6-20(7-5-17)25-30-31-26(32(25)22-12-14-23(34-3)15-13-22)35-16-24(33)29-28-18(2)19-8-10-21(27)11-9-19/h4-15H,16H2,1-3H3,(H,29,33)/b28-18+. The van der Waals surface area contributed by atoms with E-state index in [4.69, 9.17) is 4.74 Å². The van der Waals surface area contributed by atoms with Crippen molar-refractivity contribution in [2.75, 3.05) is 12.9 Å². The molecule has 7 nitrogen and oxygen atoms in total. The Morgan fingerprint density at radius 2 is 1.71 bits per heavy atom. The van der Waals surface area contributed by atoms with Crippen molar-refractivity contribution >= 4 is 39.3 Å². The fraction of sp³-hybridized carbons (Fsp3) is 0.154. The summed E-state index contributed by atoms with van der Waals surface area (Å²) in [6.45, 7) is 3.89. The van der Waals surface area contributed by atoms with Gasteiger partial charge in [0.15, 0.2) is 11.0 Å². The lowest BCUT2D eigenvalue weighted by atomic mass is 10.1. The molecule has 4 aromatic rings. The number of ether oxygens (including phenoxy) is 1. The normalized spacial score (nSPS) is 11.4. The number of hydrogen-bond acceptors (Lipinski definition) is 6. The van der Waals surface area contributed by atoms with Crippen LogP contribution in [0.15, 0.2) is 87.5 Å². The van der Waals surface area contributed by atoms with E-state index in [0.29, 0.717) is 11.0 Å². The highest BCUT2D eigenvalue weighted by Gasteiger charge is 2.17. The number of halogens is 1. The summed E-state index contributed by atoms with van der Waals surface area (Å²) >= 11 is 4.72. The molecule has 0 aliphatic carbocycles. The maximum atomic E-state index is 12.5. The molecule has 0 atom stereocenters. The van der Waals surface area contributed by atoms with E-state index < -0.39 is 0 Å². The van der Waals surface area contributed by atoms with E-state index >= 15 is 0 Å². The van der Waals surface area contributed by atoms with E-state index in [9.17, 15) is 4.79 Å². The lowest BCUT2D eigenvalue weighted by Gasteiger charge is -2.11. The number of benzene rings is 3. The third-order valence-electron chi connectivity index (χ3n) is 5.22. The molecule has 0 spiro atoms. The smallest absolute Gasteiger partial charge is 0.250 e. The van der Waals surface area contributed by atoms with Gasteiger partial charge >= 0.3 is 0 Å². The summed E-state index contributed by atoms with van der Waals surface area (Å²) in [5, 5.41) is 13.6. The van der Waals surface area contributed by atoms with Crippen LogP contribution in [0.3, 0.4) is 0 Å². The number of thioether (sulfide) groups is 1. The first-order chi connectivity index (χ1) is 16.9. The van der Waals surface area contributed by atoms with Crippen LogP contribution in [0.2, 0.25) is 0 Å². The van der Waals surface area contributed by atoms with Crippen LogP contribution in [0.25, 0.3) is 17.1 Å². The van der Waals surface area contributed by atoms with E-state index in [1.807, 2.05) is 91.2 Å². The monoisotopic (exact) mass is 549 g/mol. The summed E-state index contributed by atoms with van der Waals surface area (Å²) < 4.78 is 8.22. The minimum Gasteiger partial charge on any atom is -0.497 e. The van der Waals surface area contributed by atoms with E-state index in [2.05, 4.69) is 36.7 Å². The van der Waals surface area contributed by atoms with Gasteiger partial charge in [-0.1, -0.05) is 69.7 Å². The fourth-order valence-corrected chi connectivity index (χ4v) is 4.29. The molecule has 178 valence electrons. The number of aryl methyl sites for hydroxylation is 1. The summed E-state index contributed by atoms with van der Waals surface area (Å²) in [6.07, 6.45) is 0. The summed E-state index contributed by atoms with van der Waals surface area (Å²) in [4.78, 5) is 12.5. The number of methoxy groups -OCH3 is 1.